The van der Waals surface area contributed by atoms with Crippen molar-refractivity contribution in [3.05, 3.63) is 53.6 Å². The van der Waals surface area contributed by atoms with E-state index in [9.17, 15) is 14.0 Å². The van der Waals surface area contributed by atoms with Crippen molar-refractivity contribution >= 4 is 11.8 Å². The monoisotopic (exact) mass is 346 g/mol. The van der Waals surface area contributed by atoms with Crippen LogP contribution in [0.1, 0.15) is 36.2 Å². The molecule has 1 heterocycles. The maximum Gasteiger partial charge on any atom is 0.251 e. The highest BCUT2D eigenvalue weighted by Gasteiger charge is 2.14. The fourth-order valence-electron chi connectivity index (χ4n) is 2.40. The van der Waals surface area contributed by atoms with E-state index in [1.807, 2.05) is 24.7 Å². The number of carbonyl (C=O) groups excluding carboxylic acids is 2. The Morgan fingerprint density at radius 3 is 2.56 bits per heavy atom. The quantitative estimate of drug-likeness (QED) is 0.797. The summed E-state index contributed by atoms with van der Waals surface area (Å²) in [5.41, 5.74) is 1.35. The molecule has 0 saturated carbocycles. The molecule has 25 heavy (non-hydrogen) atoms. The third kappa shape index (κ3) is 5.41. The van der Waals surface area contributed by atoms with Crippen LogP contribution in [-0.2, 0) is 17.9 Å². The Morgan fingerprint density at radius 1 is 1.24 bits per heavy atom. The Hall–Kier alpha value is -2.70. The second kappa shape index (κ2) is 8.96. The smallest absolute Gasteiger partial charge is 0.251 e. The second-order valence-corrected chi connectivity index (χ2v) is 5.62. The highest BCUT2D eigenvalue weighted by Crippen LogP contribution is 2.06. The molecule has 0 fully saturated rings. The molecule has 2 aromatic rings. The van der Waals surface area contributed by atoms with Gasteiger partial charge in [0.25, 0.3) is 5.91 Å². The van der Waals surface area contributed by atoms with E-state index in [4.69, 9.17) is 0 Å². The molecule has 2 amide bonds. The number of rotatable bonds is 8. The topological polar surface area (TPSA) is 67.2 Å². The van der Waals surface area contributed by atoms with Crippen LogP contribution in [0.15, 0.2) is 36.7 Å². The van der Waals surface area contributed by atoms with Gasteiger partial charge < -0.3 is 10.2 Å². The fraction of sp³-hybridized carbons (Fsp3) is 0.389. The minimum atomic E-state index is -0.392. The largest absolute Gasteiger partial charge is 0.352 e. The summed E-state index contributed by atoms with van der Waals surface area (Å²) in [4.78, 5) is 26.0. The van der Waals surface area contributed by atoms with Crippen molar-refractivity contribution in [3.8, 4) is 0 Å². The number of hydrogen-bond donors (Lipinski definition) is 1. The van der Waals surface area contributed by atoms with E-state index in [2.05, 4.69) is 10.4 Å². The van der Waals surface area contributed by atoms with Gasteiger partial charge >= 0.3 is 0 Å². The Labute approximate surface area is 146 Å². The summed E-state index contributed by atoms with van der Waals surface area (Å²) in [7, 11) is 0. The van der Waals surface area contributed by atoms with Gasteiger partial charge in [0, 0.05) is 49.9 Å². The predicted octanol–water partition coefficient (Wildman–Crippen LogP) is 2.21. The van der Waals surface area contributed by atoms with Gasteiger partial charge in [-0.3, -0.25) is 14.3 Å². The average Bonchev–Trinajstić information content (AvgIpc) is 3.07. The molecule has 2 rings (SSSR count). The third-order valence-electron chi connectivity index (χ3n) is 3.85. The van der Waals surface area contributed by atoms with Crippen molar-refractivity contribution in [3.63, 3.8) is 0 Å². The van der Waals surface area contributed by atoms with Gasteiger partial charge in [-0.25, -0.2) is 4.39 Å². The van der Waals surface area contributed by atoms with Crippen molar-refractivity contribution in [2.45, 2.75) is 33.4 Å². The molecule has 7 heteroatoms. The number of benzene rings is 1. The Balaban J connectivity index is 1.81. The lowest BCUT2D eigenvalue weighted by atomic mass is 10.2. The number of nitrogens with zero attached hydrogens (tertiary/aromatic N) is 3. The van der Waals surface area contributed by atoms with Crippen LogP contribution in [0, 0.1) is 5.82 Å². The molecule has 0 aliphatic carbocycles. The van der Waals surface area contributed by atoms with E-state index in [0.29, 0.717) is 18.7 Å². The van der Waals surface area contributed by atoms with Crippen LogP contribution >= 0.6 is 0 Å². The zero-order chi connectivity index (χ0) is 18.2. The fourth-order valence-corrected chi connectivity index (χ4v) is 2.40. The van der Waals surface area contributed by atoms with Crippen LogP contribution in [0.25, 0.3) is 0 Å². The van der Waals surface area contributed by atoms with Gasteiger partial charge in [-0.05, 0) is 38.1 Å². The first-order valence-corrected chi connectivity index (χ1v) is 8.36. The van der Waals surface area contributed by atoms with Gasteiger partial charge in [0.1, 0.15) is 5.82 Å². The third-order valence-corrected chi connectivity index (χ3v) is 3.85. The number of hydrogen-bond acceptors (Lipinski definition) is 3. The summed E-state index contributed by atoms with van der Waals surface area (Å²) in [5.74, 6) is -0.747. The molecule has 1 aromatic heterocycles. The predicted molar refractivity (Wildman–Crippen MR) is 92.3 cm³/mol. The van der Waals surface area contributed by atoms with Gasteiger partial charge in [0.15, 0.2) is 0 Å². The van der Waals surface area contributed by atoms with E-state index in [-0.39, 0.29) is 24.8 Å². The van der Waals surface area contributed by atoms with E-state index in [0.717, 1.165) is 12.1 Å². The second-order valence-electron chi connectivity index (χ2n) is 5.62. The van der Waals surface area contributed by atoms with E-state index < -0.39 is 5.82 Å². The normalized spacial score (nSPS) is 10.5. The number of aromatic nitrogens is 2. The van der Waals surface area contributed by atoms with Crippen molar-refractivity contribution in [1.29, 1.82) is 0 Å². The average molecular weight is 346 g/mol. The molecular formula is C18H23FN4O2. The molecule has 1 N–H and O–H groups in total. The van der Waals surface area contributed by atoms with Crippen molar-refractivity contribution in [2.24, 2.45) is 0 Å². The number of carbonyl (C=O) groups is 2. The molecule has 0 bridgehead atoms. The lowest BCUT2D eigenvalue weighted by Crippen LogP contribution is -2.34. The van der Waals surface area contributed by atoms with Crippen molar-refractivity contribution < 1.29 is 14.0 Å². The van der Waals surface area contributed by atoms with Crippen molar-refractivity contribution in [1.82, 2.24) is 20.0 Å². The van der Waals surface area contributed by atoms with E-state index in [1.165, 1.54) is 24.3 Å². The zero-order valence-corrected chi connectivity index (χ0v) is 14.5. The van der Waals surface area contributed by atoms with Crippen LogP contribution in [0.2, 0.25) is 0 Å². The Bertz CT molecular complexity index is 712. The van der Waals surface area contributed by atoms with Gasteiger partial charge in [0.2, 0.25) is 5.91 Å². The molecule has 0 atom stereocenters. The van der Waals surface area contributed by atoms with E-state index in [1.54, 1.807) is 11.1 Å². The molecule has 1 aromatic carbocycles. The molecule has 0 aliphatic rings. The Kier molecular flexibility index (Phi) is 6.68. The summed E-state index contributed by atoms with van der Waals surface area (Å²) in [6.07, 6.45) is 3.89. The number of nitrogens with one attached hydrogen (secondary N) is 1. The lowest BCUT2D eigenvalue weighted by molar-refractivity contribution is -0.131. The maximum atomic E-state index is 12.9. The minimum Gasteiger partial charge on any atom is -0.352 e. The first-order valence-electron chi connectivity index (χ1n) is 8.36. The van der Waals surface area contributed by atoms with Crippen LogP contribution in [-0.4, -0.2) is 39.6 Å². The summed E-state index contributed by atoms with van der Waals surface area (Å²) < 4.78 is 14.7. The molecular weight excluding hydrogens is 323 g/mol. The SMILES string of the molecule is CCN(Cc1cnn(CC)c1)C(=O)CCNC(=O)c1ccc(F)cc1. The number of amides is 2. The van der Waals surface area contributed by atoms with Crippen LogP contribution in [0.5, 0.6) is 0 Å². The minimum absolute atomic E-state index is 0.0360. The maximum absolute atomic E-state index is 12.9. The Morgan fingerprint density at radius 2 is 1.96 bits per heavy atom. The van der Waals surface area contributed by atoms with Crippen molar-refractivity contribution in [2.75, 3.05) is 13.1 Å². The molecule has 0 unspecified atom stereocenters. The molecule has 0 spiro atoms. The lowest BCUT2D eigenvalue weighted by Gasteiger charge is -2.20. The molecule has 0 radical (unpaired) electrons. The summed E-state index contributed by atoms with van der Waals surface area (Å²) in [6, 6.07) is 5.29. The van der Waals surface area contributed by atoms with Gasteiger partial charge in [-0.15, -0.1) is 0 Å². The zero-order valence-electron chi connectivity index (χ0n) is 14.5. The van der Waals surface area contributed by atoms with E-state index >= 15 is 0 Å². The van der Waals surface area contributed by atoms with Crippen LogP contribution < -0.4 is 5.32 Å². The van der Waals surface area contributed by atoms with Crippen LogP contribution in [0.4, 0.5) is 4.39 Å². The summed E-state index contributed by atoms with van der Waals surface area (Å²) in [5, 5.41) is 6.88. The number of halogens is 1. The van der Waals surface area contributed by atoms with Gasteiger partial charge in [0.05, 0.1) is 6.20 Å². The summed E-state index contributed by atoms with van der Waals surface area (Å²) >= 11 is 0. The van der Waals surface area contributed by atoms with Gasteiger partial charge in [-0.1, -0.05) is 0 Å². The number of aryl methyl sites for hydroxylation is 1. The first kappa shape index (κ1) is 18.6. The first-order chi connectivity index (χ1) is 12.0. The standard InChI is InChI=1S/C18H23FN4O2/c1-3-22(12-14-11-21-23(4-2)13-14)17(24)9-10-20-18(25)15-5-7-16(19)8-6-15/h5-8,11,13H,3-4,9-10,12H2,1-2H3,(H,20,25). The highest BCUT2D eigenvalue weighted by molar-refractivity contribution is 5.94. The molecule has 134 valence electrons. The van der Waals surface area contributed by atoms with Gasteiger partial charge in [-0.2, -0.15) is 5.10 Å². The van der Waals surface area contributed by atoms with Crippen LogP contribution in [0.3, 0.4) is 0 Å². The molecule has 0 aliphatic heterocycles. The summed E-state index contributed by atoms with van der Waals surface area (Å²) in [6.45, 7) is 6.03. The molecule has 6 nitrogen and oxygen atoms in total. The molecule has 0 saturated heterocycles. The highest BCUT2D eigenvalue weighted by atomic mass is 19.1.